The lowest BCUT2D eigenvalue weighted by molar-refractivity contribution is 0.0543. The molecule has 1 heterocycles. The molecule has 0 aromatic carbocycles. The van der Waals surface area contributed by atoms with E-state index in [4.69, 9.17) is 0 Å². The van der Waals surface area contributed by atoms with Crippen molar-refractivity contribution in [1.82, 2.24) is 5.32 Å². The van der Waals surface area contributed by atoms with Crippen LogP contribution in [0.15, 0.2) is 0 Å². The van der Waals surface area contributed by atoms with E-state index in [2.05, 4.69) is 5.32 Å². The van der Waals surface area contributed by atoms with Crippen LogP contribution in [0.3, 0.4) is 0 Å². The third-order valence-corrected chi connectivity index (χ3v) is 1.71. The maximum Gasteiger partial charge on any atom is 0.241 e. The molecule has 0 bridgehead atoms. The molecule has 1 aliphatic heterocycles. The number of hydrogen-bond donors (Lipinski definition) is 1. The Labute approximate surface area is 57.6 Å². The van der Waals surface area contributed by atoms with Gasteiger partial charge in [-0.05, 0) is 13.0 Å². The summed E-state index contributed by atoms with van der Waals surface area (Å²) in [7, 11) is 0. The second kappa shape index (κ2) is 2.78. The molecule has 0 aromatic heterocycles. The van der Waals surface area contributed by atoms with Gasteiger partial charge in [-0.15, -0.1) is 0 Å². The first-order chi connectivity index (χ1) is 4.62. The van der Waals surface area contributed by atoms with Gasteiger partial charge in [-0.2, -0.15) is 0 Å². The van der Waals surface area contributed by atoms with Crippen molar-refractivity contribution in [3.63, 3.8) is 0 Å². The summed E-state index contributed by atoms with van der Waals surface area (Å²) >= 11 is 0. The Morgan fingerprint density at radius 3 is 2.60 bits per heavy atom. The van der Waals surface area contributed by atoms with E-state index in [-0.39, 0.29) is 13.0 Å². The summed E-state index contributed by atoms with van der Waals surface area (Å²) in [6.45, 7) is 0.598. The number of rotatable bonds is 2. The van der Waals surface area contributed by atoms with E-state index in [1.165, 1.54) is 0 Å². The lowest BCUT2D eigenvalue weighted by atomic mass is 10.0. The Kier molecular flexibility index (Phi) is 2.18. The van der Waals surface area contributed by atoms with Gasteiger partial charge in [-0.1, -0.05) is 0 Å². The van der Waals surface area contributed by atoms with Crippen LogP contribution in [-0.4, -0.2) is 25.2 Å². The molecule has 0 saturated carbocycles. The molecule has 1 unspecified atom stereocenters. The lowest BCUT2D eigenvalue weighted by Crippen LogP contribution is -2.28. The first-order valence-corrected chi connectivity index (χ1v) is 3.30. The Morgan fingerprint density at radius 2 is 2.20 bits per heavy atom. The Hall–Kier alpha value is -0.250. The normalized spacial score (nSPS) is 33.6. The van der Waals surface area contributed by atoms with E-state index < -0.39 is 18.5 Å². The maximum absolute atomic E-state index is 13.0. The van der Waals surface area contributed by atoms with E-state index >= 15 is 0 Å². The lowest BCUT2D eigenvalue weighted by Gasteiger charge is -2.16. The molecule has 1 saturated heterocycles. The molecular weight excluding hydrogens is 143 g/mol. The molecule has 0 spiro atoms. The van der Waals surface area contributed by atoms with E-state index in [1.54, 1.807) is 0 Å². The SMILES string of the molecule is FC(F)CC1(F)CCNC1. The quantitative estimate of drug-likeness (QED) is 0.631. The topological polar surface area (TPSA) is 12.0 Å². The van der Waals surface area contributed by atoms with Crippen LogP contribution in [0.2, 0.25) is 0 Å². The van der Waals surface area contributed by atoms with Gasteiger partial charge in [0.05, 0.1) is 0 Å². The molecule has 1 atom stereocenters. The predicted octanol–water partition coefficient (Wildman–Crippen LogP) is 1.34. The second-order valence-electron chi connectivity index (χ2n) is 2.67. The summed E-state index contributed by atoms with van der Waals surface area (Å²) in [5.41, 5.74) is -1.64. The Bertz CT molecular complexity index is 110. The second-order valence-corrected chi connectivity index (χ2v) is 2.67. The molecule has 0 aliphatic carbocycles. The summed E-state index contributed by atoms with van der Waals surface area (Å²) in [5.74, 6) is 0. The molecule has 0 radical (unpaired) electrons. The van der Waals surface area contributed by atoms with Crippen molar-refractivity contribution < 1.29 is 13.2 Å². The smallest absolute Gasteiger partial charge is 0.241 e. The monoisotopic (exact) mass is 153 g/mol. The van der Waals surface area contributed by atoms with Crippen molar-refractivity contribution in [3.05, 3.63) is 0 Å². The van der Waals surface area contributed by atoms with Crippen LogP contribution in [0.1, 0.15) is 12.8 Å². The van der Waals surface area contributed by atoms with Crippen molar-refractivity contribution in [2.45, 2.75) is 24.9 Å². The van der Waals surface area contributed by atoms with Gasteiger partial charge in [0, 0.05) is 13.0 Å². The van der Waals surface area contributed by atoms with Crippen LogP contribution < -0.4 is 5.32 Å². The van der Waals surface area contributed by atoms with Crippen molar-refractivity contribution in [3.8, 4) is 0 Å². The zero-order valence-electron chi connectivity index (χ0n) is 5.54. The van der Waals surface area contributed by atoms with Crippen molar-refractivity contribution in [2.75, 3.05) is 13.1 Å². The molecule has 10 heavy (non-hydrogen) atoms. The minimum absolute atomic E-state index is 0.0807. The predicted molar refractivity (Wildman–Crippen MR) is 31.9 cm³/mol. The molecule has 1 aliphatic rings. The van der Waals surface area contributed by atoms with Crippen LogP contribution in [0.25, 0.3) is 0 Å². The van der Waals surface area contributed by atoms with Crippen LogP contribution in [0.5, 0.6) is 0 Å². The van der Waals surface area contributed by atoms with Gasteiger partial charge in [0.15, 0.2) is 0 Å². The average molecular weight is 153 g/mol. The fraction of sp³-hybridized carbons (Fsp3) is 1.00. The van der Waals surface area contributed by atoms with Crippen molar-refractivity contribution in [1.29, 1.82) is 0 Å². The zero-order valence-corrected chi connectivity index (χ0v) is 5.54. The first-order valence-electron chi connectivity index (χ1n) is 3.30. The summed E-state index contributed by atoms with van der Waals surface area (Å²) < 4.78 is 36.3. The summed E-state index contributed by atoms with van der Waals surface area (Å²) in [6.07, 6.45) is -2.93. The van der Waals surface area contributed by atoms with Crippen LogP contribution in [0, 0.1) is 0 Å². The summed E-state index contributed by atoms with van der Waals surface area (Å²) in [4.78, 5) is 0. The molecule has 60 valence electrons. The van der Waals surface area contributed by atoms with Crippen LogP contribution >= 0.6 is 0 Å². The van der Waals surface area contributed by atoms with E-state index in [1.807, 2.05) is 0 Å². The van der Waals surface area contributed by atoms with Crippen molar-refractivity contribution in [2.24, 2.45) is 0 Å². The van der Waals surface area contributed by atoms with Crippen LogP contribution in [-0.2, 0) is 0 Å². The zero-order chi connectivity index (χ0) is 7.61. The van der Waals surface area contributed by atoms with Gasteiger partial charge in [0.2, 0.25) is 6.43 Å². The number of nitrogens with one attached hydrogen (secondary N) is 1. The largest absolute Gasteiger partial charge is 0.313 e. The molecule has 4 heteroatoms. The van der Waals surface area contributed by atoms with Crippen molar-refractivity contribution >= 4 is 0 Å². The Morgan fingerprint density at radius 1 is 1.50 bits per heavy atom. The first kappa shape index (κ1) is 7.85. The minimum atomic E-state index is -2.52. The standard InChI is InChI=1S/C6H10F3N/c7-5(8)3-6(9)1-2-10-4-6/h5,10H,1-4H2. The van der Waals surface area contributed by atoms with E-state index in [0.29, 0.717) is 6.54 Å². The third-order valence-electron chi connectivity index (χ3n) is 1.71. The summed E-state index contributed by atoms with van der Waals surface area (Å²) in [6, 6.07) is 0. The Balaban J connectivity index is 2.36. The molecule has 1 rings (SSSR count). The fourth-order valence-corrected chi connectivity index (χ4v) is 1.16. The molecule has 1 fully saturated rings. The molecule has 1 nitrogen and oxygen atoms in total. The highest BCUT2D eigenvalue weighted by molar-refractivity contribution is 4.88. The minimum Gasteiger partial charge on any atom is -0.313 e. The highest BCUT2D eigenvalue weighted by Crippen LogP contribution is 2.26. The van der Waals surface area contributed by atoms with Gasteiger partial charge < -0.3 is 5.32 Å². The summed E-state index contributed by atoms with van der Waals surface area (Å²) in [5, 5.41) is 2.71. The van der Waals surface area contributed by atoms with Gasteiger partial charge in [-0.3, -0.25) is 0 Å². The number of halogens is 3. The van der Waals surface area contributed by atoms with Gasteiger partial charge >= 0.3 is 0 Å². The highest BCUT2D eigenvalue weighted by atomic mass is 19.3. The van der Waals surface area contributed by atoms with E-state index in [0.717, 1.165) is 0 Å². The van der Waals surface area contributed by atoms with Gasteiger partial charge in [0.1, 0.15) is 5.67 Å². The van der Waals surface area contributed by atoms with Gasteiger partial charge in [-0.25, -0.2) is 13.2 Å². The molecule has 0 aromatic rings. The highest BCUT2D eigenvalue weighted by Gasteiger charge is 2.36. The number of alkyl halides is 3. The fourth-order valence-electron chi connectivity index (χ4n) is 1.16. The number of hydrogen-bond acceptors (Lipinski definition) is 1. The third kappa shape index (κ3) is 1.87. The van der Waals surface area contributed by atoms with E-state index in [9.17, 15) is 13.2 Å². The molecule has 0 amide bonds. The average Bonchev–Trinajstić information content (AvgIpc) is 2.12. The molecule has 1 N–H and O–H groups in total. The molecular formula is C6H10F3N. The van der Waals surface area contributed by atoms with Crippen LogP contribution in [0.4, 0.5) is 13.2 Å². The maximum atomic E-state index is 13.0. The van der Waals surface area contributed by atoms with Gasteiger partial charge in [0.25, 0.3) is 0 Å².